The fourth-order valence-corrected chi connectivity index (χ4v) is 2.05. The zero-order valence-electron chi connectivity index (χ0n) is 10.2. The normalized spacial score (nSPS) is 19.2. The molecule has 1 heterocycles. The van der Waals surface area contributed by atoms with E-state index in [9.17, 15) is 18.9 Å². The zero-order valence-corrected chi connectivity index (χ0v) is 10.2. The van der Waals surface area contributed by atoms with Crippen molar-refractivity contribution in [3.8, 4) is 5.75 Å². The molecule has 0 spiro atoms. The smallest absolute Gasteiger partial charge is 0.314 e. The lowest BCUT2D eigenvalue weighted by atomic mass is 10.1. The van der Waals surface area contributed by atoms with Gasteiger partial charge in [-0.2, -0.15) is 4.39 Å². The van der Waals surface area contributed by atoms with Gasteiger partial charge in [-0.05, 0) is 25.5 Å². The van der Waals surface area contributed by atoms with E-state index in [1.807, 2.05) is 0 Å². The minimum Gasteiger partial charge on any atom is -0.483 e. The monoisotopic (exact) mass is 272 g/mol. The topological polar surface area (TPSA) is 64.4 Å². The Morgan fingerprint density at radius 1 is 1.42 bits per heavy atom. The minimum atomic E-state index is -1.31. The highest BCUT2D eigenvalue weighted by atomic mass is 19.2. The Morgan fingerprint density at radius 3 is 2.84 bits per heavy atom. The van der Waals surface area contributed by atoms with Crippen LogP contribution in [0.25, 0.3) is 0 Å². The summed E-state index contributed by atoms with van der Waals surface area (Å²) in [6, 6.07) is 1.64. The number of nitrogens with zero attached hydrogens (tertiary/aromatic N) is 1. The summed E-state index contributed by atoms with van der Waals surface area (Å²) in [7, 11) is 0. The summed E-state index contributed by atoms with van der Waals surface area (Å²) in [5.74, 6) is -3.10. The molecule has 1 aliphatic rings. The first kappa shape index (κ1) is 13.7. The van der Waals surface area contributed by atoms with Gasteiger partial charge in [0.1, 0.15) is 6.61 Å². The summed E-state index contributed by atoms with van der Waals surface area (Å²) >= 11 is 0. The number of piperidine rings is 1. The van der Waals surface area contributed by atoms with Crippen molar-refractivity contribution in [2.24, 2.45) is 0 Å². The van der Waals surface area contributed by atoms with Crippen LogP contribution in [0.2, 0.25) is 0 Å². The van der Waals surface area contributed by atoms with Crippen molar-refractivity contribution in [3.05, 3.63) is 33.9 Å². The number of benzene rings is 1. The number of rotatable bonds is 4. The van der Waals surface area contributed by atoms with Crippen LogP contribution < -0.4 is 10.1 Å². The van der Waals surface area contributed by atoms with Crippen LogP contribution in [0.1, 0.15) is 19.3 Å². The minimum absolute atomic E-state index is 0.0102. The van der Waals surface area contributed by atoms with E-state index in [4.69, 9.17) is 4.74 Å². The predicted molar refractivity (Wildman–Crippen MR) is 64.1 cm³/mol. The molecule has 0 aromatic heterocycles. The van der Waals surface area contributed by atoms with E-state index in [1.165, 1.54) is 0 Å². The lowest BCUT2D eigenvalue weighted by molar-refractivity contribution is -0.386. The average molecular weight is 272 g/mol. The quantitative estimate of drug-likeness (QED) is 0.675. The molecule has 19 heavy (non-hydrogen) atoms. The van der Waals surface area contributed by atoms with Gasteiger partial charge in [0.2, 0.25) is 11.6 Å². The van der Waals surface area contributed by atoms with Gasteiger partial charge in [-0.3, -0.25) is 10.1 Å². The van der Waals surface area contributed by atoms with Gasteiger partial charge in [0, 0.05) is 12.1 Å². The summed E-state index contributed by atoms with van der Waals surface area (Å²) in [6.45, 7) is 0.920. The molecule has 0 bridgehead atoms. The summed E-state index contributed by atoms with van der Waals surface area (Å²) in [5, 5.41) is 13.9. The average Bonchev–Trinajstić information content (AvgIpc) is 2.41. The van der Waals surface area contributed by atoms with E-state index in [0.717, 1.165) is 37.9 Å². The van der Waals surface area contributed by atoms with E-state index < -0.39 is 28.0 Å². The first-order chi connectivity index (χ1) is 9.09. The fourth-order valence-electron chi connectivity index (χ4n) is 2.05. The third-order valence-corrected chi connectivity index (χ3v) is 3.07. The fraction of sp³-hybridized carbons (Fsp3) is 0.500. The second-order valence-corrected chi connectivity index (χ2v) is 4.42. The lowest BCUT2D eigenvalue weighted by Gasteiger charge is -2.23. The first-order valence-corrected chi connectivity index (χ1v) is 6.08. The second kappa shape index (κ2) is 5.92. The van der Waals surface area contributed by atoms with Crippen molar-refractivity contribution in [1.29, 1.82) is 0 Å². The number of nitro benzene ring substituents is 1. The maximum Gasteiger partial charge on any atom is 0.314 e. The first-order valence-electron chi connectivity index (χ1n) is 6.08. The van der Waals surface area contributed by atoms with Crippen LogP contribution in [-0.2, 0) is 0 Å². The van der Waals surface area contributed by atoms with Crippen molar-refractivity contribution in [2.75, 3.05) is 13.2 Å². The van der Waals surface area contributed by atoms with Crippen molar-refractivity contribution >= 4 is 5.69 Å². The molecule has 0 saturated carbocycles. The highest BCUT2D eigenvalue weighted by Crippen LogP contribution is 2.31. The second-order valence-electron chi connectivity index (χ2n) is 4.42. The van der Waals surface area contributed by atoms with Crippen LogP contribution in [0.15, 0.2) is 12.1 Å². The molecule has 0 radical (unpaired) electrons. The third-order valence-electron chi connectivity index (χ3n) is 3.07. The standard InChI is InChI=1S/C12H14F2N2O3/c13-9-4-5-10(16(17)18)12(11(9)14)19-7-8-3-1-2-6-15-8/h4-5,8,15H,1-3,6-7H2. The van der Waals surface area contributed by atoms with Crippen LogP contribution in [0.5, 0.6) is 5.75 Å². The van der Waals surface area contributed by atoms with Crippen molar-refractivity contribution < 1.29 is 18.4 Å². The van der Waals surface area contributed by atoms with E-state index in [-0.39, 0.29) is 12.6 Å². The van der Waals surface area contributed by atoms with Crippen LogP contribution in [-0.4, -0.2) is 24.1 Å². The SMILES string of the molecule is O=[N+]([O-])c1ccc(F)c(F)c1OCC1CCCCN1. The van der Waals surface area contributed by atoms with Gasteiger partial charge < -0.3 is 10.1 Å². The van der Waals surface area contributed by atoms with Crippen LogP contribution >= 0.6 is 0 Å². The molecule has 1 fully saturated rings. The van der Waals surface area contributed by atoms with Gasteiger partial charge in [-0.1, -0.05) is 6.42 Å². The molecule has 1 aromatic carbocycles. The molecule has 1 atom stereocenters. The lowest BCUT2D eigenvalue weighted by Crippen LogP contribution is -2.38. The van der Waals surface area contributed by atoms with Gasteiger partial charge in [-0.25, -0.2) is 4.39 Å². The van der Waals surface area contributed by atoms with E-state index >= 15 is 0 Å². The van der Waals surface area contributed by atoms with Gasteiger partial charge in [0.25, 0.3) is 0 Å². The molecule has 1 saturated heterocycles. The molecule has 0 amide bonds. The molecule has 5 nitrogen and oxygen atoms in total. The Balaban J connectivity index is 2.13. The maximum atomic E-state index is 13.6. The van der Waals surface area contributed by atoms with E-state index in [0.29, 0.717) is 0 Å². The predicted octanol–water partition coefficient (Wildman–Crippen LogP) is 2.39. The van der Waals surface area contributed by atoms with Crippen molar-refractivity contribution in [2.45, 2.75) is 25.3 Å². The van der Waals surface area contributed by atoms with Crippen molar-refractivity contribution in [3.63, 3.8) is 0 Å². The molecular weight excluding hydrogens is 258 g/mol. The molecule has 1 aliphatic heterocycles. The van der Waals surface area contributed by atoms with Crippen LogP contribution in [0.3, 0.4) is 0 Å². The van der Waals surface area contributed by atoms with Gasteiger partial charge in [0.05, 0.1) is 4.92 Å². The molecule has 1 aromatic rings. The molecule has 1 unspecified atom stereocenters. The van der Waals surface area contributed by atoms with Gasteiger partial charge in [0.15, 0.2) is 5.82 Å². The molecule has 7 heteroatoms. The number of ether oxygens (including phenoxy) is 1. The number of hydrogen-bond donors (Lipinski definition) is 1. The Morgan fingerprint density at radius 2 is 2.21 bits per heavy atom. The Hall–Kier alpha value is -1.76. The highest BCUT2D eigenvalue weighted by molar-refractivity contribution is 5.47. The van der Waals surface area contributed by atoms with Crippen molar-refractivity contribution in [1.82, 2.24) is 5.32 Å². The van der Waals surface area contributed by atoms with Crippen LogP contribution in [0, 0.1) is 21.7 Å². The van der Waals surface area contributed by atoms with E-state index in [1.54, 1.807) is 0 Å². The summed E-state index contributed by atoms with van der Waals surface area (Å²) in [5.41, 5.74) is -0.560. The van der Waals surface area contributed by atoms with E-state index in [2.05, 4.69) is 5.32 Å². The third kappa shape index (κ3) is 3.17. The Bertz CT molecular complexity index is 476. The zero-order chi connectivity index (χ0) is 13.8. The molecular formula is C12H14F2N2O3. The molecule has 1 N–H and O–H groups in total. The number of hydrogen-bond acceptors (Lipinski definition) is 4. The number of nitrogens with one attached hydrogen (secondary N) is 1. The number of halogens is 2. The maximum absolute atomic E-state index is 13.6. The Kier molecular flexibility index (Phi) is 4.26. The number of nitro groups is 1. The largest absolute Gasteiger partial charge is 0.483 e. The summed E-state index contributed by atoms with van der Waals surface area (Å²) in [4.78, 5) is 9.97. The summed E-state index contributed by atoms with van der Waals surface area (Å²) in [6.07, 6.45) is 2.93. The molecule has 104 valence electrons. The van der Waals surface area contributed by atoms with Gasteiger partial charge in [-0.15, -0.1) is 0 Å². The molecule has 0 aliphatic carbocycles. The van der Waals surface area contributed by atoms with Gasteiger partial charge >= 0.3 is 5.69 Å². The highest BCUT2D eigenvalue weighted by Gasteiger charge is 2.24. The Labute approximate surface area is 108 Å². The molecule has 2 rings (SSSR count). The van der Waals surface area contributed by atoms with Crippen LogP contribution in [0.4, 0.5) is 14.5 Å². The summed E-state index contributed by atoms with van der Waals surface area (Å²) < 4.78 is 31.8.